The monoisotopic (exact) mass is 282 g/mol. The first kappa shape index (κ1) is 14.8. The summed E-state index contributed by atoms with van der Waals surface area (Å²) in [5.41, 5.74) is 5.77. The van der Waals surface area contributed by atoms with Crippen LogP contribution in [0.5, 0.6) is 0 Å². The Kier molecular flexibility index (Phi) is 4.65. The van der Waals surface area contributed by atoms with E-state index in [-0.39, 0.29) is 0 Å². The van der Waals surface area contributed by atoms with E-state index in [0.717, 1.165) is 12.8 Å². The maximum Gasteiger partial charge on any atom is 0.407 e. The summed E-state index contributed by atoms with van der Waals surface area (Å²) >= 11 is 0. The number of carboxylic acid groups (broad SMARTS) is 1. The predicted octanol–water partition coefficient (Wildman–Crippen LogP) is 1.26. The van der Waals surface area contributed by atoms with Crippen molar-refractivity contribution in [2.75, 3.05) is 13.2 Å². The topological polar surface area (TPSA) is 102 Å². The van der Waals surface area contributed by atoms with E-state index in [0.29, 0.717) is 43.7 Å². The molecule has 0 radical (unpaired) electrons. The van der Waals surface area contributed by atoms with Gasteiger partial charge in [0.15, 0.2) is 0 Å². The minimum absolute atomic E-state index is 0.391. The van der Waals surface area contributed by atoms with E-state index >= 15 is 0 Å². The number of carboxylic acids is 1. The number of carbonyl (C=O) groups excluding carboxylic acids is 1. The number of carbonyl (C=O) groups is 2. The highest BCUT2D eigenvalue weighted by atomic mass is 16.5. The van der Waals surface area contributed by atoms with Crippen LogP contribution in [0.4, 0.5) is 4.79 Å². The van der Waals surface area contributed by atoms with Crippen LogP contribution in [0.1, 0.15) is 32.1 Å². The first-order valence-electron chi connectivity index (χ1n) is 7.10. The molecule has 4 N–H and O–H groups in total. The Bertz CT molecular complexity index is 394. The Labute approximate surface area is 118 Å². The molecule has 6 nitrogen and oxygen atoms in total. The number of unbranched alkanes of at least 4 members (excludes halogenated alkanes) is 1. The molecular formula is C14H22N2O4. The van der Waals surface area contributed by atoms with E-state index in [2.05, 4.69) is 17.5 Å². The molecule has 0 bridgehead atoms. The molecule has 1 unspecified atom stereocenters. The second-order valence-corrected chi connectivity index (χ2v) is 5.81. The van der Waals surface area contributed by atoms with Gasteiger partial charge in [0, 0.05) is 12.0 Å². The van der Waals surface area contributed by atoms with Crippen molar-refractivity contribution in [2.45, 2.75) is 38.1 Å². The molecule has 20 heavy (non-hydrogen) atoms. The molecule has 0 aromatic carbocycles. The van der Waals surface area contributed by atoms with Gasteiger partial charge in [-0.25, -0.2) is 4.79 Å². The zero-order valence-corrected chi connectivity index (χ0v) is 11.5. The van der Waals surface area contributed by atoms with Crippen LogP contribution in [-0.4, -0.2) is 36.4 Å². The summed E-state index contributed by atoms with van der Waals surface area (Å²) in [4.78, 5) is 21.9. The van der Waals surface area contributed by atoms with Crippen LogP contribution >= 0.6 is 0 Å². The zero-order chi connectivity index (χ0) is 14.6. The molecule has 1 atom stereocenters. The fourth-order valence-corrected chi connectivity index (χ4v) is 2.57. The van der Waals surface area contributed by atoms with Crippen LogP contribution in [0, 0.1) is 11.3 Å². The Hall–Kier alpha value is -1.56. The molecule has 0 saturated heterocycles. The van der Waals surface area contributed by atoms with Crippen molar-refractivity contribution in [2.24, 2.45) is 17.1 Å². The number of rotatable bonds is 8. The van der Waals surface area contributed by atoms with Crippen molar-refractivity contribution >= 4 is 12.1 Å². The van der Waals surface area contributed by atoms with Crippen molar-refractivity contribution in [3.63, 3.8) is 0 Å². The number of ether oxygens (including phenoxy) is 1. The van der Waals surface area contributed by atoms with Gasteiger partial charge in [-0.15, -0.1) is 0 Å². The molecule has 0 heterocycles. The average Bonchev–Trinajstić information content (AvgIpc) is 3.14. The molecule has 2 rings (SSSR count). The SMILES string of the molecule is NC(CCCCNC(=O)OCC1CC2(C=C2)C1)C(=O)O. The third-order valence-corrected chi connectivity index (χ3v) is 3.95. The fraction of sp³-hybridized carbons (Fsp3) is 0.714. The third-order valence-electron chi connectivity index (χ3n) is 3.95. The molecule has 1 amide bonds. The van der Waals surface area contributed by atoms with Gasteiger partial charge in [0.1, 0.15) is 6.04 Å². The molecule has 2 aliphatic carbocycles. The van der Waals surface area contributed by atoms with E-state index in [1.165, 1.54) is 0 Å². The van der Waals surface area contributed by atoms with Gasteiger partial charge in [0.2, 0.25) is 0 Å². The van der Waals surface area contributed by atoms with Crippen LogP contribution < -0.4 is 11.1 Å². The van der Waals surface area contributed by atoms with Gasteiger partial charge < -0.3 is 20.9 Å². The van der Waals surface area contributed by atoms with E-state index in [9.17, 15) is 9.59 Å². The standard InChI is InChI=1S/C14H22N2O4/c15-11(12(17)18)3-1-2-6-16-13(19)20-9-10-7-14(8-10)4-5-14/h4-5,10-11H,1-3,6-9,15H2,(H,16,19)(H,17,18). The Morgan fingerprint density at radius 3 is 2.70 bits per heavy atom. The van der Waals surface area contributed by atoms with Gasteiger partial charge in [-0.2, -0.15) is 0 Å². The van der Waals surface area contributed by atoms with Crippen molar-refractivity contribution in [3.8, 4) is 0 Å². The van der Waals surface area contributed by atoms with E-state index in [4.69, 9.17) is 15.6 Å². The van der Waals surface area contributed by atoms with Crippen molar-refractivity contribution in [1.82, 2.24) is 5.32 Å². The highest BCUT2D eigenvalue weighted by Crippen LogP contribution is 2.56. The lowest BCUT2D eigenvalue weighted by atomic mass is 9.71. The van der Waals surface area contributed by atoms with Gasteiger partial charge in [0.05, 0.1) is 6.61 Å². The van der Waals surface area contributed by atoms with Crippen molar-refractivity contribution in [1.29, 1.82) is 0 Å². The average molecular weight is 282 g/mol. The molecule has 1 spiro atoms. The second kappa shape index (κ2) is 6.26. The van der Waals surface area contributed by atoms with Crippen molar-refractivity contribution in [3.05, 3.63) is 12.2 Å². The Balaban J connectivity index is 1.41. The zero-order valence-electron chi connectivity index (χ0n) is 11.5. The summed E-state index contributed by atoms with van der Waals surface area (Å²) in [5.74, 6) is -0.495. The largest absolute Gasteiger partial charge is 0.480 e. The summed E-state index contributed by atoms with van der Waals surface area (Å²) < 4.78 is 5.14. The van der Waals surface area contributed by atoms with Crippen LogP contribution in [0.3, 0.4) is 0 Å². The number of amides is 1. The van der Waals surface area contributed by atoms with Crippen LogP contribution in [0.15, 0.2) is 12.2 Å². The van der Waals surface area contributed by atoms with Gasteiger partial charge in [-0.1, -0.05) is 12.2 Å². The lowest BCUT2D eigenvalue weighted by Crippen LogP contribution is -2.33. The van der Waals surface area contributed by atoms with Crippen LogP contribution in [0.2, 0.25) is 0 Å². The number of nitrogens with two attached hydrogens (primary N) is 1. The van der Waals surface area contributed by atoms with Crippen LogP contribution in [-0.2, 0) is 9.53 Å². The number of hydrogen-bond donors (Lipinski definition) is 3. The quantitative estimate of drug-likeness (QED) is 0.459. The summed E-state index contributed by atoms with van der Waals surface area (Å²) in [5, 5.41) is 11.3. The molecule has 0 aliphatic heterocycles. The van der Waals surface area contributed by atoms with Crippen molar-refractivity contribution < 1.29 is 19.4 Å². The molecule has 1 saturated carbocycles. The summed E-state index contributed by atoms with van der Waals surface area (Å²) in [6, 6.07) is -0.816. The van der Waals surface area contributed by atoms with Crippen LogP contribution in [0.25, 0.3) is 0 Å². The van der Waals surface area contributed by atoms with E-state index < -0.39 is 18.1 Å². The maximum atomic E-state index is 11.4. The molecule has 2 aliphatic rings. The van der Waals surface area contributed by atoms with E-state index in [1.54, 1.807) is 0 Å². The molecule has 0 aromatic rings. The predicted molar refractivity (Wildman–Crippen MR) is 73.1 cm³/mol. The fourth-order valence-electron chi connectivity index (χ4n) is 2.57. The molecule has 112 valence electrons. The van der Waals surface area contributed by atoms with Gasteiger partial charge in [-0.3, -0.25) is 4.79 Å². The number of nitrogens with one attached hydrogen (secondary N) is 1. The molecule has 1 fully saturated rings. The second-order valence-electron chi connectivity index (χ2n) is 5.81. The minimum Gasteiger partial charge on any atom is -0.480 e. The van der Waals surface area contributed by atoms with Gasteiger partial charge in [-0.05, 0) is 38.0 Å². The number of aliphatic carboxylic acids is 1. The summed E-state index contributed by atoms with van der Waals surface area (Å²) in [7, 11) is 0. The molecule has 0 aromatic heterocycles. The normalized spacial score (nSPS) is 20.2. The third kappa shape index (κ3) is 4.23. The maximum absolute atomic E-state index is 11.4. The first-order valence-corrected chi connectivity index (χ1v) is 7.10. The highest BCUT2D eigenvalue weighted by molar-refractivity contribution is 5.72. The van der Waals surface area contributed by atoms with E-state index in [1.807, 2.05) is 0 Å². The highest BCUT2D eigenvalue weighted by Gasteiger charge is 2.47. The minimum atomic E-state index is -0.985. The number of alkyl carbamates (subject to hydrolysis) is 1. The Morgan fingerprint density at radius 1 is 1.40 bits per heavy atom. The summed E-state index contributed by atoms with van der Waals surface area (Å²) in [6.45, 7) is 0.973. The lowest BCUT2D eigenvalue weighted by molar-refractivity contribution is -0.138. The first-order chi connectivity index (χ1) is 9.51. The lowest BCUT2D eigenvalue weighted by Gasteiger charge is -2.35. The Morgan fingerprint density at radius 2 is 2.10 bits per heavy atom. The summed E-state index contributed by atoms with van der Waals surface area (Å²) in [6.07, 6.45) is 8.04. The van der Waals surface area contributed by atoms with Gasteiger partial charge in [0.25, 0.3) is 0 Å². The number of allylic oxidation sites excluding steroid dienone is 2. The molecule has 6 heteroatoms. The smallest absolute Gasteiger partial charge is 0.407 e. The molecular weight excluding hydrogens is 260 g/mol. The van der Waals surface area contributed by atoms with Gasteiger partial charge >= 0.3 is 12.1 Å². The number of hydrogen-bond acceptors (Lipinski definition) is 4.